The number of rotatable bonds is 9. The van der Waals surface area contributed by atoms with Gasteiger partial charge in [0, 0.05) is 36.4 Å². The Morgan fingerprint density at radius 1 is 0.818 bits per heavy atom. The first-order chi connectivity index (χ1) is 25.7. The van der Waals surface area contributed by atoms with Crippen LogP contribution in [0.1, 0.15) is 44.5 Å². The Morgan fingerprint density at radius 2 is 1.40 bits per heavy atom. The Bertz CT molecular complexity index is 2380. The fourth-order valence-electron chi connectivity index (χ4n) is 4.83. The molecule has 0 aliphatic heterocycles. The van der Waals surface area contributed by atoms with Crippen LogP contribution in [0.15, 0.2) is 95.1 Å². The normalized spacial score (nSPS) is 11.5. The van der Waals surface area contributed by atoms with E-state index in [2.05, 4.69) is 51.6 Å². The SMILES string of the molecule is CCOc1cc(-c2nncn2C)ccc1Nc1ncc2cc(C)nc(NCC(C)(C)C)c2n1.Cc1ccc(S(=O)(=O)O)cc1.Cc1ccc(S(=O)(=O)O)cc1. The van der Waals surface area contributed by atoms with E-state index in [1.165, 1.54) is 24.3 Å². The zero-order valence-electron chi connectivity index (χ0n) is 31.9. The number of anilines is 3. The highest BCUT2D eigenvalue weighted by Crippen LogP contribution is 2.32. The minimum absolute atomic E-state index is 0.0666. The summed E-state index contributed by atoms with van der Waals surface area (Å²) in [7, 11) is -6.13. The van der Waals surface area contributed by atoms with Crippen LogP contribution in [0.5, 0.6) is 5.75 Å². The van der Waals surface area contributed by atoms with Crippen molar-refractivity contribution in [3.05, 3.63) is 102 Å². The van der Waals surface area contributed by atoms with E-state index in [-0.39, 0.29) is 15.2 Å². The first-order valence-electron chi connectivity index (χ1n) is 17.1. The molecule has 3 heterocycles. The molecule has 55 heavy (non-hydrogen) atoms. The summed E-state index contributed by atoms with van der Waals surface area (Å²) in [6.07, 6.45) is 3.49. The highest BCUT2D eigenvalue weighted by Gasteiger charge is 2.15. The molecule has 0 bridgehead atoms. The van der Waals surface area contributed by atoms with E-state index in [1.807, 2.05) is 69.8 Å². The van der Waals surface area contributed by atoms with E-state index >= 15 is 0 Å². The van der Waals surface area contributed by atoms with Gasteiger partial charge in [-0.2, -0.15) is 16.8 Å². The summed E-state index contributed by atoms with van der Waals surface area (Å²) in [5, 5.41) is 15.8. The van der Waals surface area contributed by atoms with Gasteiger partial charge in [0.2, 0.25) is 5.95 Å². The van der Waals surface area contributed by atoms with Gasteiger partial charge in [0.1, 0.15) is 17.6 Å². The number of fused-ring (bicyclic) bond motifs is 1. The summed E-state index contributed by atoms with van der Waals surface area (Å²) in [6, 6.07) is 19.8. The summed E-state index contributed by atoms with van der Waals surface area (Å²) in [4.78, 5) is 13.8. The van der Waals surface area contributed by atoms with Crippen LogP contribution in [-0.4, -0.2) is 68.8 Å². The largest absolute Gasteiger partial charge is 0.492 e. The van der Waals surface area contributed by atoms with Crippen molar-refractivity contribution < 1.29 is 30.7 Å². The van der Waals surface area contributed by atoms with Gasteiger partial charge in [-0.3, -0.25) is 9.11 Å². The van der Waals surface area contributed by atoms with Crippen molar-refractivity contribution in [2.24, 2.45) is 12.5 Å². The molecule has 17 heteroatoms. The maximum Gasteiger partial charge on any atom is 0.294 e. The topological polar surface area (TPSA) is 211 Å². The fraction of sp³-hybridized carbons (Fsp3) is 0.289. The van der Waals surface area contributed by atoms with Gasteiger partial charge in [-0.1, -0.05) is 56.2 Å². The Kier molecular flexibility index (Phi) is 13.6. The second-order valence-corrected chi connectivity index (χ2v) is 16.6. The maximum atomic E-state index is 10.5. The predicted octanol–water partition coefficient (Wildman–Crippen LogP) is 7.21. The molecule has 0 unspecified atom stereocenters. The standard InChI is InChI=1S/C24H30N8O.2C7H8O3S/c1-7-33-19-11-16(22-31-27-14-32(22)6)8-9-18(19)29-23-25-12-17-10-15(2)28-21(20(17)30-23)26-13-24(3,4)5;2*1-6-2-4-7(5-3-6)11(8,9)10/h8-12,14H,7,13H2,1-6H3,(H,26,28)(H,25,29,30);2*2-5H,1H3,(H,8,9,10). The van der Waals surface area contributed by atoms with E-state index in [4.69, 9.17) is 18.8 Å². The van der Waals surface area contributed by atoms with Crippen LogP contribution in [-0.2, 0) is 27.3 Å². The molecule has 6 rings (SSSR count). The van der Waals surface area contributed by atoms with Gasteiger partial charge < -0.3 is 19.9 Å². The summed E-state index contributed by atoms with van der Waals surface area (Å²) in [6.45, 7) is 15.5. The molecule has 0 aliphatic carbocycles. The van der Waals surface area contributed by atoms with Crippen LogP contribution in [0.4, 0.5) is 17.5 Å². The van der Waals surface area contributed by atoms with Crippen molar-refractivity contribution in [2.75, 3.05) is 23.8 Å². The summed E-state index contributed by atoms with van der Waals surface area (Å²) >= 11 is 0. The van der Waals surface area contributed by atoms with Crippen LogP contribution < -0.4 is 15.4 Å². The van der Waals surface area contributed by atoms with Gasteiger partial charge in [0.25, 0.3) is 20.2 Å². The lowest BCUT2D eigenvalue weighted by Crippen LogP contribution is -2.20. The van der Waals surface area contributed by atoms with Crippen molar-refractivity contribution in [3.63, 3.8) is 0 Å². The molecule has 0 aliphatic rings. The van der Waals surface area contributed by atoms with E-state index < -0.39 is 20.2 Å². The highest BCUT2D eigenvalue weighted by atomic mass is 32.2. The van der Waals surface area contributed by atoms with Gasteiger partial charge in [0.05, 0.1) is 22.1 Å². The fourth-order valence-corrected chi connectivity index (χ4v) is 5.79. The molecule has 6 aromatic rings. The van der Waals surface area contributed by atoms with Crippen LogP contribution in [0.25, 0.3) is 22.3 Å². The smallest absolute Gasteiger partial charge is 0.294 e. The number of benzene rings is 3. The third-order valence-electron chi connectivity index (χ3n) is 7.62. The molecular weight excluding hydrogens is 745 g/mol. The van der Waals surface area contributed by atoms with Crippen LogP contribution in [0, 0.1) is 26.2 Å². The summed E-state index contributed by atoms with van der Waals surface area (Å²) in [5.41, 5.74) is 5.40. The predicted molar refractivity (Wildman–Crippen MR) is 213 cm³/mol. The average Bonchev–Trinajstić information content (AvgIpc) is 3.53. The van der Waals surface area contributed by atoms with Crippen molar-refractivity contribution in [3.8, 4) is 17.1 Å². The Morgan fingerprint density at radius 3 is 1.89 bits per heavy atom. The number of hydrogen-bond acceptors (Lipinski definition) is 12. The third-order valence-corrected chi connectivity index (χ3v) is 9.35. The quantitative estimate of drug-likeness (QED) is 0.107. The number of aryl methyl sites for hydroxylation is 4. The molecule has 0 radical (unpaired) electrons. The van der Waals surface area contributed by atoms with E-state index in [9.17, 15) is 16.8 Å². The summed E-state index contributed by atoms with van der Waals surface area (Å²) < 4.78 is 66.9. The first kappa shape index (κ1) is 42.3. The number of aromatic nitrogens is 6. The maximum absolute atomic E-state index is 10.5. The van der Waals surface area contributed by atoms with Crippen LogP contribution >= 0.6 is 0 Å². The molecule has 0 atom stereocenters. The molecular formula is C38H46N8O7S2. The van der Waals surface area contributed by atoms with Crippen LogP contribution in [0.3, 0.4) is 0 Å². The van der Waals surface area contributed by atoms with Gasteiger partial charge >= 0.3 is 0 Å². The highest BCUT2D eigenvalue weighted by molar-refractivity contribution is 7.86. The zero-order valence-corrected chi connectivity index (χ0v) is 33.6. The second kappa shape index (κ2) is 17.8. The Balaban J connectivity index is 0.000000248. The number of nitrogens with one attached hydrogen (secondary N) is 2. The molecule has 0 amide bonds. The monoisotopic (exact) mass is 790 g/mol. The molecule has 0 saturated carbocycles. The van der Waals surface area contributed by atoms with Gasteiger partial charge in [-0.15, -0.1) is 10.2 Å². The number of hydrogen-bond donors (Lipinski definition) is 4. The number of pyridine rings is 1. The molecule has 0 saturated heterocycles. The van der Waals surface area contributed by atoms with Crippen molar-refractivity contribution in [1.29, 1.82) is 0 Å². The molecule has 15 nitrogen and oxygen atoms in total. The van der Waals surface area contributed by atoms with Gasteiger partial charge in [0.15, 0.2) is 11.6 Å². The van der Waals surface area contributed by atoms with E-state index in [0.717, 1.165) is 57.2 Å². The van der Waals surface area contributed by atoms with E-state index in [0.29, 0.717) is 18.3 Å². The molecule has 0 fully saturated rings. The third kappa shape index (κ3) is 12.5. The van der Waals surface area contributed by atoms with Crippen molar-refractivity contribution in [2.45, 2.75) is 58.3 Å². The first-order valence-corrected chi connectivity index (χ1v) is 20.0. The Hall–Kier alpha value is -5.49. The summed E-state index contributed by atoms with van der Waals surface area (Å²) in [5.74, 6) is 2.68. The van der Waals surface area contributed by atoms with Gasteiger partial charge in [-0.25, -0.2) is 15.0 Å². The van der Waals surface area contributed by atoms with Gasteiger partial charge in [-0.05, 0) is 81.6 Å². The number of nitrogens with zero attached hydrogens (tertiary/aromatic N) is 6. The van der Waals surface area contributed by atoms with Crippen molar-refractivity contribution in [1.82, 2.24) is 29.7 Å². The molecule has 292 valence electrons. The lowest BCUT2D eigenvalue weighted by Gasteiger charge is -2.20. The second-order valence-electron chi connectivity index (χ2n) is 13.8. The zero-order chi connectivity index (χ0) is 40.6. The average molecular weight is 791 g/mol. The number of ether oxygens (including phenoxy) is 1. The minimum Gasteiger partial charge on any atom is -0.492 e. The molecule has 3 aromatic heterocycles. The molecule has 0 spiro atoms. The Labute approximate surface area is 321 Å². The van der Waals surface area contributed by atoms with Crippen molar-refractivity contribution >= 4 is 48.6 Å². The van der Waals surface area contributed by atoms with Crippen LogP contribution in [0.2, 0.25) is 0 Å². The lowest BCUT2D eigenvalue weighted by atomic mass is 9.97. The molecule has 3 aromatic carbocycles. The van der Waals surface area contributed by atoms with E-state index in [1.54, 1.807) is 30.6 Å². The lowest BCUT2D eigenvalue weighted by molar-refractivity contribution is 0.342. The molecule has 4 N–H and O–H groups in total. The minimum atomic E-state index is -4.02.